The van der Waals surface area contributed by atoms with Crippen LogP contribution in [0.1, 0.15) is 26.2 Å². The van der Waals surface area contributed by atoms with E-state index in [1.165, 1.54) is 30.0 Å². The number of esters is 1. The molecule has 144 valence electrons. The molecule has 2 atom stereocenters. The fourth-order valence-electron chi connectivity index (χ4n) is 3.25. The van der Waals surface area contributed by atoms with Crippen molar-refractivity contribution in [3.63, 3.8) is 0 Å². The monoisotopic (exact) mass is 411 g/mol. The number of hydrogen-bond donors (Lipinski definition) is 1. The van der Waals surface area contributed by atoms with Gasteiger partial charge in [0.05, 0.1) is 39.9 Å². The number of rotatable bonds is 5. The first-order valence-corrected chi connectivity index (χ1v) is 9.37. The van der Waals surface area contributed by atoms with E-state index in [0.717, 1.165) is 13.0 Å². The van der Waals surface area contributed by atoms with Gasteiger partial charge in [-0.2, -0.15) is 0 Å². The van der Waals surface area contributed by atoms with Gasteiger partial charge in [0.25, 0.3) is 5.56 Å². The molecule has 2 heterocycles. The molecule has 0 amide bonds. The predicted molar refractivity (Wildman–Crippen MR) is 102 cm³/mol. The van der Waals surface area contributed by atoms with Gasteiger partial charge in [-0.3, -0.25) is 19.0 Å². The second-order valence-electron chi connectivity index (χ2n) is 6.55. The normalized spacial score (nSPS) is 19.8. The molecule has 2 aromatic rings. The summed E-state index contributed by atoms with van der Waals surface area (Å²) in [6.07, 6.45) is 2.73. The number of nitrogens with zero attached hydrogens (tertiary/aromatic N) is 2. The highest BCUT2D eigenvalue weighted by molar-refractivity contribution is 6.42. The molecule has 1 aliphatic heterocycles. The number of halogens is 2. The Balaban J connectivity index is 1.75. The van der Waals surface area contributed by atoms with Crippen LogP contribution in [0.2, 0.25) is 10.0 Å². The third-order valence-corrected chi connectivity index (χ3v) is 5.22. The van der Waals surface area contributed by atoms with Gasteiger partial charge in [-0.25, -0.2) is 4.98 Å². The number of aromatic nitrogens is 2. The molecule has 0 saturated carbocycles. The van der Waals surface area contributed by atoms with Crippen LogP contribution in [-0.2, 0) is 20.9 Å². The van der Waals surface area contributed by atoms with Gasteiger partial charge in [-0.15, -0.1) is 0 Å². The number of ether oxygens (including phenoxy) is 1. The molecule has 1 aromatic carbocycles. The number of benzene rings is 1. The number of carbonyl (C=O) groups is 2. The van der Waals surface area contributed by atoms with Gasteiger partial charge in [0, 0.05) is 13.3 Å². The highest BCUT2D eigenvalue weighted by atomic mass is 35.5. The van der Waals surface area contributed by atoms with Crippen molar-refractivity contribution in [3.8, 4) is 0 Å². The molecule has 27 heavy (non-hydrogen) atoms. The van der Waals surface area contributed by atoms with Gasteiger partial charge in [-0.1, -0.05) is 23.2 Å². The van der Waals surface area contributed by atoms with Crippen molar-refractivity contribution in [1.29, 1.82) is 0 Å². The number of ketones is 1. The molecular weight excluding hydrogens is 393 g/mol. The van der Waals surface area contributed by atoms with Crippen LogP contribution < -0.4 is 10.9 Å². The average molecular weight is 412 g/mol. The Morgan fingerprint density at radius 1 is 1.33 bits per heavy atom. The zero-order valence-electron chi connectivity index (χ0n) is 14.7. The van der Waals surface area contributed by atoms with Crippen molar-refractivity contribution in [3.05, 3.63) is 38.9 Å². The first kappa shape index (κ1) is 19.8. The van der Waals surface area contributed by atoms with E-state index < -0.39 is 0 Å². The summed E-state index contributed by atoms with van der Waals surface area (Å²) in [4.78, 5) is 40.5. The van der Waals surface area contributed by atoms with E-state index in [-0.39, 0.29) is 47.4 Å². The molecule has 0 aliphatic carbocycles. The van der Waals surface area contributed by atoms with Crippen LogP contribution >= 0.6 is 23.2 Å². The van der Waals surface area contributed by atoms with Crippen LogP contribution in [-0.4, -0.2) is 40.0 Å². The van der Waals surface area contributed by atoms with Crippen molar-refractivity contribution in [2.75, 3.05) is 6.54 Å². The van der Waals surface area contributed by atoms with Gasteiger partial charge in [-0.05, 0) is 31.5 Å². The van der Waals surface area contributed by atoms with Gasteiger partial charge in [0.1, 0.15) is 6.10 Å². The summed E-state index contributed by atoms with van der Waals surface area (Å²) in [5.41, 5.74) is 0.0574. The Morgan fingerprint density at radius 2 is 2.07 bits per heavy atom. The number of fused-ring (bicyclic) bond motifs is 1. The topological polar surface area (TPSA) is 90.3 Å². The molecule has 3 rings (SSSR count). The minimum absolute atomic E-state index is 0.118. The van der Waals surface area contributed by atoms with Crippen molar-refractivity contribution < 1.29 is 14.3 Å². The lowest BCUT2D eigenvalue weighted by molar-refractivity contribution is -0.150. The highest BCUT2D eigenvalue weighted by Crippen LogP contribution is 2.25. The number of carbonyl (C=O) groups excluding carboxylic acids is 2. The van der Waals surface area contributed by atoms with Gasteiger partial charge >= 0.3 is 5.97 Å². The highest BCUT2D eigenvalue weighted by Gasteiger charge is 2.29. The molecule has 1 saturated heterocycles. The maximum absolute atomic E-state index is 12.6. The van der Waals surface area contributed by atoms with Gasteiger partial charge < -0.3 is 10.1 Å². The van der Waals surface area contributed by atoms with E-state index in [0.29, 0.717) is 22.3 Å². The van der Waals surface area contributed by atoms with E-state index in [1.807, 2.05) is 0 Å². The quantitative estimate of drug-likeness (QED) is 0.759. The maximum atomic E-state index is 12.6. The Bertz CT molecular complexity index is 944. The Hall–Kier alpha value is -1.96. The molecule has 1 fully saturated rings. The molecule has 1 N–H and O–H groups in total. The number of nitrogens with one attached hydrogen (secondary N) is 1. The zero-order chi connectivity index (χ0) is 19.6. The van der Waals surface area contributed by atoms with E-state index in [9.17, 15) is 14.4 Å². The van der Waals surface area contributed by atoms with Gasteiger partial charge in [0.15, 0.2) is 5.78 Å². The summed E-state index contributed by atoms with van der Waals surface area (Å²) in [5, 5.41) is 4.08. The SMILES string of the molecule is CC(=O)OC1CCCNC1CC(=O)Cn1cnc2cc(Cl)c(Cl)cc2c1=O. The number of piperidine rings is 1. The second kappa shape index (κ2) is 8.37. The molecule has 9 heteroatoms. The molecule has 1 aromatic heterocycles. The predicted octanol–water partition coefficient (Wildman–Crippen LogP) is 2.35. The van der Waals surface area contributed by atoms with Crippen LogP contribution in [0, 0.1) is 0 Å². The Kier molecular flexibility index (Phi) is 6.14. The standard InChI is InChI=1S/C18H19Cl2N3O4/c1-10(24)27-17-3-2-4-21-16(17)5-11(25)8-23-9-22-15-7-14(20)13(19)6-12(15)18(23)26/h6-7,9,16-17,21H,2-5,8H2,1H3. The lowest BCUT2D eigenvalue weighted by Gasteiger charge is -2.31. The lowest BCUT2D eigenvalue weighted by atomic mass is 9.96. The Morgan fingerprint density at radius 3 is 2.81 bits per heavy atom. The van der Waals surface area contributed by atoms with E-state index >= 15 is 0 Å². The molecule has 0 spiro atoms. The largest absolute Gasteiger partial charge is 0.461 e. The van der Waals surface area contributed by atoms with E-state index in [2.05, 4.69) is 10.3 Å². The average Bonchev–Trinajstić information content (AvgIpc) is 2.61. The summed E-state index contributed by atoms with van der Waals surface area (Å²) in [5.74, 6) is -0.526. The summed E-state index contributed by atoms with van der Waals surface area (Å²) in [7, 11) is 0. The van der Waals surface area contributed by atoms with E-state index in [4.69, 9.17) is 27.9 Å². The lowest BCUT2D eigenvalue weighted by Crippen LogP contribution is -2.48. The molecule has 7 nitrogen and oxygen atoms in total. The van der Waals surface area contributed by atoms with Crippen molar-refractivity contribution >= 4 is 45.9 Å². The van der Waals surface area contributed by atoms with E-state index in [1.54, 1.807) is 0 Å². The van der Waals surface area contributed by atoms with Gasteiger partial charge in [0.2, 0.25) is 0 Å². The fraction of sp³-hybridized carbons (Fsp3) is 0.444. The third-order valence-electron chi connectivity index (χ3n) is 4.50. The number of hydrogen-bond acceptors (Lipinski definition) is 6. The number of Topliss-reactive ketones (excluding diaryl/α,β-unsaturated/α-hetero) is 1. The van der Waals surface area contributed by atoms with Crippen LogP contribution in [0.4, 0.5) is 0 Å². The molecule has 0 bridgehead atoms. The molecule has 0 radical (unpaired) electrons. The van der Waals surface area contributed by atoms with Crippen molar-refractivity contribution in [1.82, 2.24) is 14.9 Å². The summed E-state index contributed by atoms with van der Waals surface area (Å²) in [6.45, 7) is 1.99. The van der Waals surface area contributed by atoms with Crippen molar-refractivity contribution in [2.45, 2.75) is 44.9 Å². The smallest absolute Gasteiger partial charge is 0.302 e. The van der Waals surface area contributed by atoms with Crippen LogP contribution in [0.5, 0.6) is 0 Å². The minimum atomic E-state index is -0.369. The summed E-state index contributed by atoms with van der Waals surface area (Å²) >= 11 is 11.9. The zero-order valence-corrected chi connectivity index (χ0v) is 16.2. The second-order valence-corrected chi connectivity index (χ2v) is 7.37. The maximum Gasteiger partial charge on any atom is 0.302 e. The Labute approximate surface area is 165 Å². The van der Waals surface area contributed by atoms with Crippen LogP contribution in [0.25, 0.3) is 10.9 Å². The van der Waals surface area contributed by atoms with Crippen molar-refractivity contribution in [2.24, 2.45) is 0 Å². The first-order chi connectivity index (χ1) is 12.8. The van der Waals surface area contributed by atoms with Crippen LogP contribution in [0.15, 0.2) is 23.3 Å². The molecule has 1 aliphatic rings. The summed E-state index contributed by atoms with van der Waals surface area (Å²) < 4.78 is 6.55. The first-order valence-electron chi connectivity index (χ1n) is 8.61. The van der Waals surface area contributed by atoms with Crippen LogP contribution in [0.3, 0.4) is 0 Å². The minimum Gasteiger partial charge on any atom is -0.461 e. The molecule has 2 unspecified atom stereocenters. The summed E-state index contributed by atoms with van der Waals surface area (Å²) in [6, 6.07) is 2.71. The fourth-order valence-corrected chi connectivity index (χ4v) is 3.57. The third kappa shape index (κ3) is 4.66. The molecular formula is C18H19Cl2N3O4.